The summed E-state index contributed by atoms with van der Waals surface area (Å²) < 4.78 is 37.7. The molecule has 0 spiro atoms. The molecule has 0 aliphatic carbocycles. The van der Waals surface area contributed by atoms with Gasteiger partial charge in [0.1, 0.15) is 0 Å². The van der Waals surface area contributed by atoms with Crippen molar-refractivity contribution < 1.29 is 13.2 Å². The largest absolute Gasteiger partial charge is 0.416 e. The third kappa shape index (κ3) is 4.52. The molecule has 2 aromatic rings. The second-order valence-electron chi connectivity index (χ2n) is 4.30. The molecular weight excluding hydrogens is 305 g/mol. The van der Waals surface area contributed by atoms with E-state index in [0.29, 0.717) is 22.8 Å². The first-order valence-corrected chi connectivity index (χ1v) is 7.06. The van der Waals surface area contributed by atoms with E-state index in [1.807, 2.05) is 4.98 Å². The van der Waals surface area contributed by atoms with Gasteiger partial charge in [-0.15, -0.1) is 0 Å². The smallest absolute Gasteiger partial charge is 0.310 e. The quantitative estimate of drug-likeness (QED) is 0.911. The summed E-state index contributed by atoms with van der Waals surface area (Å²) in [7, 11) is 0. The summed E-state index contributed by atoms with van der Waals surface area (Å²) in [4.78, 5) is 26.6. The molecule has 1 heterocycles. The van der Waals surface area contributed by atoms with Crippen molar-refractivity contribution in [3.8, 4) is 0 Å². The average molecular weight is 316 g/mol. The molecule has 2 N–H and O–H groups in total. The molecule has 0 atom stereocenters. The van der Waals surface area contributed by atoms with Gasteiger partial charge < -0.3 is 4.98 Å². The SMILES string of the molecule is O=c1cc(CSCc2cccc(C(F)(F)F)c2)[nH]c(=O)[nH]1. The first-order valence-electron chi connectivity index (χ1n) is 5.91. The minimum atomic E-state index is -4.36. The van der Waals surface area contributed by atoms with E-state index in [2.05, 4.69) is 4.98 Å². The third-order valence-corrected chi connectivity index (χ3v) is 3.65. The maximum Gasteiger partial charge on any atom is 0.416 e. The van der Waals surface area contributed by atoms with Gasteiger partial charge in [0.05, 0.1) is 5.56 Å². The van der Waals surface area contributed by atoms with Crippen molar-refractivity contribution in [2.45, 2.75) is 17.7 Å². The molecule has 112 valence electrons. The molecule has 0 bridgehead atoms. The minimum Gasteiger partial charge on any atom is -0.310 e. The van der Waals surface area contributed by atoms with Gasteiger partial charge in [-0.05, 0) is 11.6 Å². The molecule has 4 nitrogen and oxygen atoms in total. The van der Waals surface area contributed by atoms with Crippen LogP contribution in [0.4, 0.5) is 13.2 Å². The number of aromatic amines is 2. The van der Waals surface area contributed by atoms with E-state index in [-0.39, 0.29) is 0 Å². The van der Waals surface area contributed by atoms with Crippen LogP contribution in [0, 0.1) is 0 Å². The van der Waals surface area contributed by atoms with E-state index in [4.69, 9.17) is 0 Å². The van der Waals surface area contributed by atoms with Gasteiger partial charge in [-0.2, -0.15) is 24.9 Å². The van der Waals surface area contributed by atoms with Gasteiger partial charge in [-0.1, -0.05) is 18.2 Å². The number of benzene rings is 1. The highest BCUT2D eigenvalue weighted by Crippen LogP contribution is 2.30. The maximum atomic E-state index is 12.6. The second-order valence-corrected chi connectivity index (χ2v) is 5.29. The lowest BCUT2D eigenvalue weighted by molar-refractivity contribution is -0.137. The zero-order chi connectivity index (χ0) is 15.5. The van der Waals surface area contributed by atoms with Crippen LogP contribution in [-0.2, 0) is 17.7 Å². The summed E-state index contributed by atoms with van der Waals surface area (Å²) >= 11 is 1.31. The predicted molar refractivity (Wildman–Crippen MR) is 74.1 cm³/mol. The molecule has 1 aromatic carbocycles. The highest BCUT2D eigenvalue weighted by atomic mass is 32.2. The Balaban J connectivity index is 2.00. The van der Waals surface area contributed by atoms with Crippen molar-refractivity contribution in [3.05, 3.63) is 68.0 Å². The Bertz CT molecular complexity index is 709. The zero-order valence-corrected chi connectivity index (χ0v) is 11.5. The van der Waals surface area contributed by atoms with E-state index in [0.717, 1.165) is 12.1 Å². The van der Waals surface area contributed by atoms with Gasteiger partial charge >= 0.3 is 11.9 Å². The molecule has 0 saturated carbocycles. The standard InChI is InChI=1S/C13H11F3N2O2S/c14-13(15,16)9-3-1-2-8(4-9)6-21-7-10-5-11(19)18-12(20)17-10/h1-5H,6-7H2,(H2,17,18,19,20). The Labute approximate surface area is 121 Å². The number of alkyl halides is 3. The first-order chi connectivity index (χ1) is 9.84. The van der Waals surface area contributed by atoms with E-state index >= 15 is 0 Å². The van der Waals surface area contributed by atoms with Crippen molar-refractivity contribution in [2.24, 2.45) is 0 Å². The van der Waals surface area contributed by atoms with Crippen LogP contribution in [0.5, 0.6) is 0 Å². The number of hydrogen-bond acceptors (Lipinski definition) is 3. The number of thioether (sulfide) groups is 1. The van der Waals surface area contributed by atoms with Gasteiger partial charge in [0.2, 0.25) is 0 Å². The molecule has 0 fully saturated rings. The van der Waals surface area contributed by atoms with Crippen LogP contribution in [-0.4, -0.2) is 9.97 Å². The van der Waals surface area contributed by atoms with Crippen LogP contribution < -0.4 is 11.2 Å². The van der Waals surface area contributed by atoms with Crippen molar-refractivity contribution in [1.29, 1.82) is 0 Å². The first kappa shape index (κ1) is 15.4. The Kier molecular flexibility index (Phi) is 4.56. The van der Waals surface area contributed by atoms with Gasteiger partial charge in [0, 0.05) is 23.3 Å². The van der Waals surface area contributed by atoms with Crippen LogP contribution in [0.3, 0.4) is 0 Å². The summed E-state index contributed by atoms with van der Waals surface area (Å²) in [5, 5.41) is 0. The molecule has 0 aliphatic heterocycles. The monoisotopic (exact) mass is 316 g/mol. The summed E-state index contributed by atoms with van der Waals surface area (Å²) in [5.74, 6) is 0.675. The maximum absolute atomic E-state index is 12.6. The van der Waals surface area contributed by atoms with Crippen LogP contribution in [0.2, 0.25) is 0 Å². The van der Waals surface area contributed by atoms with Crippen LogP contribution in [0.25, 0.3) is 0 Å². The van der Waals surface area contributed by atoms with Crippen LogP contribution >= 0.6 is 11.8 Å². The fourth-order valence-corrected chi connectivity index (χ4v) is 2.61. The van der Waals surface area contributed by atoms with Crippen LogP contribution in [0.15, 0.2) is 39.9 Å². The fraction of sp³-hybridized carbons (Fsp3) is 0.231. The number of aromatic nitrogens is 2. The fourth-order valence-electron chi connectivity index (χ4n) is 1.71. The normalized spacial score (nSPS) is 11.6. The number of halogens is 3. The van der Waals surface area contributed by atoms with Crippen molar-refractivity contribution in [1.82, 2.24) is 9.97 Å². The van der Waals surface area contributed by atoms with Crippen LogP contribution in [0.1, 0.15) is 16.8 Å². The lowest BCUT2D eigenvalue weighted by Gasteiger charge is -2.08. The molecule has 2 rings (SSSR count). The summed E-state index contributed by atoms with van der Waals surface area (Å²) in [5.41, 5.74) is -0.835. The van der Waals surface area contributed by atoms with E-state index < -0.39 is 23.0 Å². The Morgan fingerprint density at radius 3 is 2.48 bits per heavy atom. The molecule has 0 amide bonds. The second kappa shape index (κ2) is 6.21. The minimum absolute atomic E-state index is 0.329. The summed E-state index contributed by atoms with van der Waals surface area (Å²) in [6.45, 7) is 0. The van der Waals surface area contributed by atoms with Gasteiger partial charge in [-0.25, -0.2) is 4.79 Å². The molecule has 21 heavy (non-hydrogen) atoms. The third-order valence-electron chi connectivity index (χ3n) is 2.60. The molecule has 1 aromatic heterocycles. The van der Waals surface area contributed by atoms with Crippen molar-refractivity contribution in [2.75, 3.05) is 0 Å². The Morgan fingerprint density at radius 2 is 1.81 bits per heavy atom. The van der Waals surface area contributed by atoms with Crippen molar-refractivity contribution >= 4 is 11.8 Å². The number of rotatable bonds is 4. The highest BCUT2D eigenvalue weighted by molar-refractivity contribution is 7.97. The van der Waals surface area contributed by atoms with Gasteiger partial charge in [-0.3, -0.25) is 9.78 Å². The van der Waals surface area contributed by atoms with Gasteiger partial charge in [0.25, 0.3) is 5.56 Å². The Morgan fingerprint density at radius 1 is 1.05 bits per heavy atom. The predicted octanol–water partition coefficient (Wildman–Crippen LogP) is 2.52. The molecule has 0 radical (unpaired) electrons. The molecular formula is C13H11F3N2O2S. The Hall–Kier alpha value is -1.96. The average Bonchev–Trinajstić information content (AvgIpc) is 2.37. The summed E-state index contributed by atoms with van der Waals surface area (Å²) in [6.07, 6.45) is -4.36. The van der Waals surface area contributed by atoms with Crippen molar-refractivity contribution in [3.63, 3.8) is 0 Å². The van der Waals surface area contributed by atoms with E-state index in [9.17, 15) is 22.8 Å². The lowest BCUT2D eigenvalue weighted by atomic mass is 10.1. The number of H-pyrrole nitrogens is 2. The zero-order valence-electron chi connectivity index (χ0n) is 10.7. The molecule has 8 heteroatoms. The summed E-state index contributed by atoms with van der Waals surface area (Å²) in [6, 6.07) is 6.31. The topological polar surface area (TPSA) is 65.7 Å². The number of nitrogens with one attached hydrogen (secondary N) is 2. The van der Waals surface area contributed by atoms with E-state index in [1.54, 1.807) is 6.07 Å². The van der Waals surface area contributed by atoms with E-state index in [1.165, 1.54) is 23.9 Å². The number of hydrogen-bond donors (Lipinski definition) is 2. The van der Waals surface area contributed by atoms with Gasteiger partial charge in [0.15, 0.2) is 0 Å². The lowest BCUT2D eigenvalue weighted by Crippen LogP contribution is -2.22. The highest BCUT2D eigenvalue weighted by Gasteiger charge is 2.30. The molecule has 0 aliphatic rings. The molecule has 0 unspecified atom stereocenters. The molecule has 0 saturated heterocycles.